The summed E-state index contributed by atoms with van der Waals surface area (Å²) in [6, 6.07) is 1.29. The maximum absolute atomic E-state index is 11.4. The van der Waals surface area contributed by atoms with Gasteiger partial charge in [-0.2, -0.15) is 0 Å². The van der Waals surface area contributed by atoms with E-state index < -0.39 is 4.92 Å². The van der Waals surface area contributed by atoms with Crippen LogP contribution < -0.4 is 4.90 Å². The summed E-state index contributed by atoms with van der Waals surface area (Å²) in [5.41, 5.74) is -0.131. The van der Waals surface area contributed by atoms with Crippen LogP contribution in [-0.2, 0) is 4.79 Å². The molecule has 1 aromatic heterocycles. The highest BCUT2D eigenvalue weighted by Crippen LogP contribution is 2.30. The van der Waals surface area contributed by atoms with Crippen molar-refractivity contribution < 1.29 is 9.72 Å². The Balaban J connectivity index is 2.22. The number of hydrogen-bond acceptors (Lipinski definition) is 5. The lowest BCUT2D eigenvalue weighted by Gasteiger charge is -2.32. The molecule has 6 nitrogen and oxygen atoms in total. The van der Waals surface area contributed by atoms with Crippen molar-refractivity contribution in [2.24, 2.45) is 5.92 Å². The predicted octanol–water partition coefficient (Wildman–Crippen LogP) is 2.45. The van der Waals surface area contributed by atoms with Crippen molar-refractivity contribution in [2.45, 2.75) is 19.8 Å². The molecule has 0 saturated carbocycles. The lowest BCUT2D eigenvalue weighted by molar-refractivity contribution is -0.385. The van der Waals surface area contributed by atoms with Crippen LogP contribution in [0.2, 0.25) is 5.02 Å². The number of pyridine rings is 1. The molecule has 0 bridgehead atoms. The summed E-state index contributed by atoms with van der Waals surface area (Å²) < 4.78 is 0. The normalized spacial score (nSPS) is 19.3. The highest BCUT2D eigenvalue weighted by Gasteiger charge is 2.25. The summed E-state index contributed by atoms with van der Waals surface area (Å²) in [5, 5.41) is 10.9. The van der Waals surface area contributed by atoms with Crippen LogP contribution in [0.1, 0.15) is 19.8 Å². The molecule has 0 aromatic carbocycles. The summed E-state index contributed by atoms with van der Waals surface area (Å²) in [5.74, 6) is 0.655. The van der Waals surface area contributed by atoms with Gasteiger partial charge in [0, 0.05) is 25.1 Å². The number of nitro groups is 1. The first-order valence-corrected chi connectivity index (χ1v) is 6.42. The Morgan fingerprint density at radius 2 is 2.37 bits per heavy atom. The molecule has 1 saturated heterocycles. The highest BCUT2D eigenvalue weighted by molar-refractivity contribution is 6.33. The third-order valence-corrected chi connectivity index (χ3v) is 3.59. The van der Waals surface area contributed by atoms with E-state index in [9.17, 15) is 14.9 Å². The van der Waals surface area contributed by atoms with Crippen LogP contribution in [0, 0.1) is 16.0 Å². The van der Waals surface area contributed by atoms with Gasteiger partial charge in [0.15, 0.2) is 0 Å². The average molecular weight is 284 g/mol. The molecule has 102 valence electrons. The molecule has 0 N–H and O–H groups in total. The van der Waals surface area contributed by atoms with Crippen molar-refractivity contribution in [3.63, 3.8) is 0 Å². The molecule has 0 amide bonds. The minimum Gasteiger partial charge on any atom is -0.355 e. The van der Waals surface area contributed by atoms with E-state index in [1.165, 1.54) is 12.3 Å². The van der Waals surface area contributed by atoms with Crippen molar-refractivity contribution >= 4 is 28.9 Å². The first-order valence-electron chi connectivity index (χ1n) is 6.04. The maximum Gasteiger partial charge on any atom is 0.289 e. The average Bonchev–Trinajstić information content (AvgIpc) is 2.38. The molecule has 1 atom stereocenters. The molecule has 0 aliphatic carbocycles. The Labute approximate surface area is 115 Å². The molecule has 19 heavy (non-hydrogen) atoms. The number of nitrogens with zero attached hydrogens (tertiary/aromatic N) is 3. The van der Waals surface area contributed by atoms with Gasteiger partial charge < -0.3 is 4.90 Å². The number of piperidine rings is 1. The SMILES string of the molecule is CC(=O)C1CCCN(c2ncc([N+](=O)[O-])cc2Cl)C1. The number of ketones is 1. The summed E-state index contributed by atoms with van der Waals surface area (Å²) >= 11 is 6.04. The summed E-state index contributed by atoms with van der Waals surface area (Å²) in [4.78, 5) is 27.5. The Morgan fingerprint density at radius 3 is 2.95 bits per heavy atom. The molecule has 1 aliphatic heterocycles. The van der Waals surface area contributed by atoms with E-state index in [-0.39, 0.29) is 22.4 Å². The molecule has 0 spiro atoms. The molecule has 7 heteroatoms. The molecule has 1 fully saturated rings. The number of rotatable bonds is 3. The number of Topliss-reactive ketones (excluding diaryl/α,β-unsaturated/α-hetero) is 1. The van der Waals surface area contributed by atoms with Gasteiger partial charge in [-0.25, -0.2) is 4.98 Å². The number of anilines is 1. The largest absolute Gasteiger partial charge is 0.355 e. The summed E-state index contributed by atoms with van der Waals surface area (Å²) in [6.07, 6.45) is 2.95. The summed E-state index contributed by atoms with van der Waals surface area (Å²) in [7, 11) is 0. The second kappa shape index (κ2) is 5.52. The molecule has 1 unspecified atom stereocenters. The molecule has 0 radical (unpaired) electrons. The van der Waals surface area contributed by atoms with Gasteiger partial charge in [0.2, 0.25) is 0 Å². The Bertz CT molecular complexity index is 521. The van der Waals surface area contributed by atoms with Crippen LogP contribution in [0.3, 0.4) is 0 Å². The predicted molar refractivity (Wildman–Crippen MR) is 71.5 cm³/mol. The zero-order valence-electron chi connectivity index (χ0n) is 10.5. The van der Waals surface area contributed by atoms with Crippen molar-refractivity contribution in [1.29, 1.82) is 0 Å². The number of carbonyl (C=O) groups is 1. The topological polar surface area (TPSA) is 76.3 Å². The Kier molecular flexibility index (Phi) is 3.99. The number of aromatic nitrogens is 1. The molecule has 2 heterocycles. The fourth-order valence-electron chi connectivity index (χ4n) is 2.25. The molecule has 2 rings (SSSR count). The lowest BCUT2D eigenvalue weighted by atomic mass is 9.94. The van der Waals surface area contributed by atoms with Crippen LogP contribution in [0.25, 0.3) is 0 Å². The monoisotopic (exact) mass is 283 g/mol. The van der Waals surface area contributed by atoms with Gasteiger partial charge in [-0.15, -0.1) is 0 Å². The third kappa shape index (κ3) is 3.01. The van der Waals surface area contributed by atoms with Gasteiger partial charge in [-0.1, -0.05) is 11.6 Å². The minimum atomic E-state index is -0.531. The van der Waals surface area contributed by atoms with Gasteiger partial charge >= 0.3 is 0 Å². The van der Waals surface area contributed by atoms with E-state index in [0.29, 0.717) is 12.4 Å². The fourth-order valence-corrected chi connectivity index (χ4v) is 2.53. The van der Waals surface area contributed by atoms with Gasteiger partial charge in [0.25, 0.3) is 5.69 Å². The van der Waals surface area contributed by atoms with Crippen LogP contribution in [0.15, 0.2) is 12.3 Å². The van der Waals surface area contributed by atoms with Crippen molar-refractivity contribution in [3.8, 4) is 0 Å². The zero-order chi connectivity index (χ0) is 14.0. The first kappa shape index (κ1) is 13.7. The fraction of sp³-hybridized carbons (Fsp3) is 0.500. The van der Waals surface area contributed by atoms with E-state index in [0.717, 1.165) is 19.4 Å². The first-order chi connectivity index (χ1) is 8.99. The molecular formula is C12H14ClN3O3. The number of carbonyl (C=O) groups excluding carboxylic acids is 1. The van der Waals surface area contributed by atoms with Gasteiger partial charge in [0.1, 0.15) is 17.8 Å². The molecular weight excluding hydrogens is 270 g/mol. The van der Waals surface area contributed by atoms with Gasteiger partial charge in [-0.3, -0.25) is 14.9 Å². The smallest absolute Gasteiger partial charge is 0.289 e. The minimum absolute atomic E-state index is 0.0122. The van der Waals surface area contributed by atoms with E-state index in [4.69, 9.17) is 11.6 Å². The van der Waals surface area contributed by atoms with Crippen molar-refractivity contribution in [3.05, 3.63) is 27.4 Å². The van der Waals surface area contributed by atoms with Crippen molar-refractivity contribution in [1.82, 2.24) is 4.98 Å². The van der Waals surface area contributed by atoms with Crippen molar-refractivity contribution in [2.75, 3.05) is 18.0 Å². The van der Waals surface area contributed by atoms with Crippen LogP contribution in [0.5, 0.6) is 0 Å². The van der Waals surface area contributed by atoms with E-state index in [2.05, 4.69) is 4.98 Å². The van der Waals surface area contributed by atoms with E-state index in [1.807, 2.05) is 4.90 Å². The second-order valence-corrected chi connectivity index (χ2v) is 5.06. The Morgan fingerprint density at radius 1 is 1.63 bits per heavy atom. The van der Waals surface area contributed by atoms with Crippen LogP contribution >= 0.6 is 11.6 Å². The van der Waals surface area contributed by atoms with E-state index >= 15 is 0 Å². The Hall–Kier alpha value is -1.69. The molecule has 1 aliphatic rings. The summed E-state index contributed by atoms with van der Waals surface area (Å²) in [6.45, 7) is 2.91. The third-order valence-electron chi connectivity index (χ3n) is 3.31. The maximum atomic E-state index is 11.4. The highest BCUT2D eigenvalue weighted by atomic mass is 35.5. The quantitative estimate of drug-likeness (QED) is 0.629. The van der Waals surface area contributed by atoms with Gasteiger partial charge in [0.05, 0.1) is 9.95 Å². The van der Waals surface area contributed by atoms with E-state index in [1.54, 1.807) is 6.92 Å². The van der Waals surface area contributed by atoms with Crippen LogP contribution in [0.4, 0.5) is 11.5 Å². The van der Waals surface area contributed by atoms with Gasteiger partial charge in [-0.05, 0) is 19.8 Å². The van der Waals surface area contributed by atoms with Crippen LogP contribution in [-0.4, -0.2) is 28.8 Å². The second-order valence-electron chi connectivity index (χ2n) is 4.65. The number of halogens is 1. The lowest BCUT2D eigenvalue weighted by Crippen LogP contribution is -2.38. The zero-order valence-corrected chi connectivity index (χ0v) is 11.3. The molecule has 1 aromatic rings. The number of hydrogen-bond donors (Lipinski definition) is 0. The standard InChI is InChI=1S/C12H14ClN3O3/c1-8(17)9-3-2-4-15(7-9)12-11(13)5-10(6-14-12)16(18)19/h5-6,9H,2-4,7H2,1H3.